The Morgan fingerprint density at radius 3 is 2.33 bits per heavy atom. The summed E-state index contributed by atoms with van der Waals surface area (Å²) in [4.78, 5) is 11.9. The lowest BCUT2D eigenvalue weighted by Crippen LogP contribution is -2.55. The van der Waals surface area contributed by atoms with E-state index >= 15 is 0 Å². The van der Waals surface area contributed by atoms with Crippen molar-refractivity contribution in [1.29, 1.82) is 0 Å². The van der Waals surface area contributed by atoms with E-state index in [9.17, 15) is 22.4 Å². The molecule has 1 heterocycles. The highest BCUT2D eigenvalue weighted by Gasteiger charge is 2.57. The summed E-state index contributed by atoms with van der Waals surface area (Å²) < 4.78 is 49.4. The third kappa shape index (κ3) is 2.22. The predicted octanol–water partition coefficient (Wildman–Crippen LogP) is 0.870. The van der Waals surface area contributed by atoms with Crippen LogP contribution >= 0.6 is 0 Å². The van der Waals surface area contributed by atoms with Gasteiger partial charge >= 0.3 is 6.18 Å². The fourth-order valence-corrected chi connectivity index (χ4v) is 1.33. The number of likely N-dealkylation sites (tertiary alicyclic amines) is 1. The molecule has 0 spiro atoms. The summed E-state index contributed by atoms with van der Waals surface area (Å²) in [5.74, 6) is -1.49. The Labute approximate surface area is 83.7 Å². The first-order chi connectivity index (χ1) is 6.66. The molecule has 1 aliphatic heterocycles. The Balaban J connectivity index is 2.76. The first kappa shape index (κ1) is 12.2. The summed E-state index contributed by atoms with van der Waals surface area (Å²) in [7, 11) is 0. The molecule has 1 rings (SSSR count). The average molecular weight is 229 g/mol. The molecule has 0 aliphatic carbocycles. The molecule has 1 N–H and O–H groups in total. The molecule has 0 radical (unpaired) electrons. The minimum Gasteiger partial charge on any atom is -0.373 e. The molecule has 3 nitrogen and oxygen atoms in total. The van der Waals surface area contributed by atoms with E-state index in [-0.39, 0.29) is 19.5 Å². The highest BCUT2D eigenvalue weighted by atomic mass is 19.4. The first-order valence-electron chi connectivity index (χ1n) is 4.39. The highest BCUT2D eigenvalue weighted by Crippen LogP contribution is 2.32. The Hall–Kier alpha value is -0.850. The van der Waals surface area contributed by atoms with Crippen molar-refractivity contribution >= 4 is 5.91 Å². The van der Waals surface area contributed by atoms with Gasteiger partial charge in [0.25, 0.3) is 5.91 Å². The molecule has 0 saturated carbocycles. The number of carbonyl (C=O) groups excluding carboxylic acids is 1. The summed E-state index contributed by atoms with van der Waals surface area (Å²) in [5, 5.41) is 9.03. The van der Waals surface area contributed by atoms with Gasteiger partial charge < -0.3 is 10.0 Å². The number of amides is 1. The van der Waals surface area contributed by atoms with E-state index in [0.29, 0.717) is 11.8 Å². The van der Waals surface area contributed by atoms with Crippen molar-refractivity contribution < 1.29 is 27.5 Å². The zero-order valence-electron chi connectivity index (χ0n) is 8.01. The maximum Gasteiger partial charge on any atom is 0.426 e. The topological polar surface area (TPSA) is 40.5 Å². The lowest BCUT2D eigenvalue weighted by molar-refractivity contribution is -0.249. The monoisotopic (exact) mass is 229 g/mol. The molecule has 1 fully saturated rings. The number of carbonyl (C=O) groups is 1. The predicted molar refractivity (Wildman–Crippen MR) is 42.8 cm³/mol. The molecule has 0 unspecified atom stereocenters. The van der Waals surface area contributed by atoms with Gasteiger partial charge in [0.2, 0.25) is 5.60 Å². The molecule has 88 valence electrons. The molecule has 0 bridgehead atoms. The quantitative estimate of drug-likeness (QED) is 0.678. The number of rotatable bonds is 1. The van der Waals surface area contributed by atoms with E-state index < -0.39 is 23.9 Å². The van der Waals surface area contributed by atoms with E-state index in [0.717, 1.165) is 0 Å². The van der Waals surface area contributed by atoms with E-state index in [1.165, 1.54) is 0 Å². The third-order valence-electron chi connectivity index (χ3n) is 2.39. The van der Waals surface area contributed by atoms with Gasteiger partial charge in [-0.1, -0.05) is 0 Å². The van der Waals surface area contributed by atoms with Crippen LogP contribution in [-0.4, -0.2) is 47.0 Å². The van der Waals surface area contributed by atoms with Gasteiger partial charge in [-0.2, -0.15) is 13.2 Å². The van der Waals surface area contributed by atoms with Crippen molar-refractivity contribution in [1.82, 2.24) is 4.90 Å². The van der Waals surface area contributed by atoms with E-state index in [4.69, 9.17) is 5.11 Å². The molecule has 1 saturated heterocycles. The van der Waals surface area contributed by atoms with E-state index in [2.05, 4.69) is 0 Å². The van der Waals surface area contributed by atoms with Crippen LogP contribution in [0.25, 0.3) is 0 Å². The molecule has 15 heavy (non-hydrogen) atoms. The van der Waals surface area contributed by atoms with Crippen LogP contribution in [0.4, 0.5) is 17.6 Å². The minimum absolute atomic E-state index is 0.0136. The number of aliphatic hydroxyl groups is 1. The van der Waals surface area contributed by atoms with Gasteiger partial charge in [0, 0.05) is 6.54 Å². The number of hydrogen-bond donors (Lipinski definition) is 1. The van der Waals surface area contributed by atoms with Crippen LogP contribution in [0.2, 0.25) is 0 Å². The third-order valence-corrected chi connectivity index (χ3v) is 2.39. The van der Waals surface area contributed by atoms with Crippen LogP contribution in [0, 0.1) is 0 Å². The van der Waals surface area contributed by atoms with Gasteiger partial charge in [-0.15, -0.1) is 0 Å². The van der Waals surface area contributed by atoms with Gasteiger partial charge in [-0.25, -0.2) is 4.39 Å². The van der Waals surface area contributed by atoms with Crippen molar-refractivity contribution in [2.24, 2.45) is 0 Å². The molecular formula is C8H11F4NO2. The summed E-state index contributed by atoms with van der Waals surface area (Å²) in [5.41, 5.74) is -3.43. The maximum absolute atomic E-state index is 12.7. The van der Waals surface area contributed by atoms with Crippen molar-refractivity contribution in [2.45, 2.75) is 31.3 Å². The highest BCUT2D eigenvalue weighted by molar-refractivity contribution is 5.85. The zero-order valence-corrected chi connectivity index (χ0v) is 8.01. The Morgan fingerprint density at radius 2 is 2.00 bits per heavy atom. The summed E-state index contributed by atoms with van der Waals surface area (Å²) in [6.07, 6.45) is -6.34. The normalized spacial score (nSPS) is 26.5. The largest absolute Gasteiger partial charge is 0.426 e. The molecule has 0 aromatic heterocycles. The molecule has 0 aromatic rings. The van der Waals surface area contributed by atoms with E-state index in [1.54, 1.807) is 0 Å². The van der Waals surface area contributed by atoms with Gasteiger partial charge in [0.15, 0.2) is 0 Å². The lowest BCUT2D eigenvalue weighted by atomic mass is 10.1. The molecular weight excluding hydrogens is 218 g/mol. The lowest BCUT2D eigenvalue weighted by Gasteiger charge is -2.29. The standard InChI is InChI=1S/C8H11F4NO2/c1-7(15,8(10,11)12)6(14)13-3-2-5(9)4-13/h5,15H,2-4H2,1H3/t5-,7+/m0/s1. The Morgan fingerprint density at radius 1 is 1.47 bits per heavy atom. The SMILES string of the molecule is C[C@@](O)(C(=O)N1CC[C@H](F)C1)C(F)(F)F. The summed E-state index contributed by atoms with van der Waals surface area (Å²) in [6.45, 7) is -0.0990. The molecule has 2 atom stereocenters. The second kappa shape index (κ2) is 3.62. The molecule has 1 amide bonds. The number of halogens is 4. The van der Waals surface area contributed by atoms with Crippen LogP contribution in [0.15, 0.2) is 0 Å². The maximum atomic E-state index is 12.7. The van der Waals surface area contributed by atoms with Crippen molar-refractivity contribution in [2.75, 3.05) is 13.1 Å². The van der Waals surface area contributed by atoms with Crippen molar-refractivity contribution in [3.05, 3.63) is 0 Å². The number of hydrogen-bond acceptors (Lipinski definition) is 2. The second-order valence-electron chi connectivity index (χ2n) is 3.71. The van der Waals surface area contributed by atoms with Gasteiger partial charge in [-0.05, 0) is 13.3 Å². The smallest absolute Gasteiger partial charge is 0.373 e. The number of alkyl halides is 4. The average Bonchev–Trinajstić information content (AvgIpc) is 2.48. The molecule has 1 aliphatic rings. The van der Waals surface area contributed by atoms with Gasteiger partial charge in [-0.3, -0.25) is 4.79 Å². The fraction of sp³-hybridized carbons (Fsp3) is 0.875. The van der Waals surface area contributed by atoms with E-state index in [1.807, 2.05) is 0 Å². The minimum atomic E-state index is -5.04. The van der Waals surface area contributed by atoms with Gasteiger partial charge in [0.1, 0.15) is 6.17 Å². The fourth-order valence-electron chi connectivity index (χ4n) is 1.33. The number of nitrogens with zero attached hydrogens (tertiary/aromatic N) is 1. The molecule has 7 heteroatoms. The van der Waals surface area contributed by atoms with Crippen molar-refractivity contribution in [3.8, 4) is 0 Å². The van der Waals surface area contributed by atoms with Crippen LogP contribution in [0.1, 0.15) is 13.3 Å². The summed E-state index contributed by atoms with van der Waals surface area (Å²) >= 11 is 0. The Kier molecular flexibility index (Phi) is 2.95. The van der Waals surface area contributed by atoms with Gasteiger partial charge in [0.05, 0.1) is 6.54 Å². The van der Waals surface area contributed by atoms with Crippen LogP contribution < -0.4 is 0 Å². The second-order valence-corrected chi connectivity index (χ2v) is 3.71. The summed E-state index contributed by atoms with van der Waals surface area (Å²) in [6, 6.07) is 0. The first-order valence-corrected chi connectivity index (χ1v) is 4.39. The van der Waals surface area contributed by atoms with Crippen molar-refractivity contribution in [3.63, 3.8) is 0 Å². The Bertz CT molecular complexity index is 264. The molecule has 0 aromatic carbocycles. The van der Waals surface area contributed by atoms with Crippen LogP contribution in [-0.2, 0) is 4.79 Å². The van der Waals surface area contributed by atoms with Crippen LogP contribution in [0.5, 0.6) is 0 Å². The van der Waals surface area contributed by atoms with Crippen LogP contribution in [0.3, 0.4) is 0 Å². The zero-order chi connectivity index (χ0) is 11.9.